The summed E-state index contributed by atoms with van der Waals surface area (Å²) in [6, 6.07) is 0. The molecule has 82 valence electrons. The van der Waals surface area contributed by atoms with E-state index in [0.717, 1.165) is 4.31 Å². The molecule has 0 saturated carbocycles. The standard InChI is InChI=1S/C6H10ClNO5S/c1-12-6(9)5-4-8(2-3-13-5)14(7,10)11/h5H,2-4H2,1H3. The quantitative estimate of drug-likeness (QED) is 0.476. The van der Waals surface area contributed by atoms with Crippen molar-refractivity contribution in [3.8, 4) is 0 Å². The molecule has 6 nitrogen and oxygen atoms in total. The molecular weight excluding hydrogens is 234 g/mol. The molecule has 0 aromatic heterocycles. The summed E-state index contributed by atoms with van der Waals surface area (Å²) in [5.74, 6) is -0.602. The second kappa shape index (κ2) is 4.43. The SMILES string of the molecule is COC(=O)C1CN(S(=O)(=O)Cl)CCO1. The van der Waals surface area contributed by atoms with Crippen LogP contribution >= 0.6 is 10.7 Å². The molecule has 0 aromatic rings. The fourth-order valence-corrected chi connectivity index (χ4v) is 2.08. The van der Waals surface area contributed by atoms with E-state index in [9.17, 15) is 13.2 Å². The number of rotatable bonds is 2. The lowest BCUT2D eigenvalue weighted by Crippen LogP contribution is -2.47. The maximum Gasteiger partial charge on any atom is 0.336 e. The highest BCUT2D eigenvalue weighted by Crippen LogP contribution is 2.13. The lowest BCUT2D eigenvalue weighted by molar-refractivity contribution is -0.157. The van der Waals surface area contributed by atoms with Gasteiger partial charge in [0.25, 0.3) is 9.24 Å². The summed E-state index contributed by atoms with van der Waals surface area (Å²) >= 11 is 0. The minimum atomic E-state index is -3.78. The highest BCUT2D eigenvalue weighted by molar-refractivity contribution is 8.11. The van der Waals surface area contributed by atoms with Crippen LogP contribution in [0, 0.1) is 0 Å². The fourth-order valence-electron chi connectivity index (χ4n) is 1.10. The smallest absolute Gasteiger partial charge is 0.336 e. The van der Waals surface area contributed by atoms with E-state index in [-0.39, 0.29) is 19.7 Å². The van der Waals surface area contributed by atoms with E-state index in [2.05, 4.69) is 4.74 Å². The van der Waals surface area contributed by atoms with Gasteiger partial charge in [0.15, 0.2) is 6.10 Å². The lowest BCUT2D eigenvalue weighted by atomic mass is 10.3. The fraction of sp³-hybridized carbons (Fsp3) is 0.833. The molecule has 8 heteroatoms. The minimum Gasteiger partial charge on any atom is -0.467 e. The third-order valence-electron chi connectivity index (χ3n) is 1.80. The number of hydrogen-bond donors (Lipinski definition) is 0. The molecule has 1 unspecified atom stereocenters. The van der Waals surface area contributed by atoms with Gasteiger partial charge >= 0.3 is 5.97 Å². The Balaban J connectivity index is 2.65. The maximum absolute atomic E-state index is 11.0. The zero-order valence-corrected chi connectivity index (χ0v) is 9.05. The third kappa shape index (κ3) is 2.81. The molecule has 1 aliphatic heterocycles. The number of ether oxygens (including phenoxy) is 2. The van der Waals surface area contributed by atoms with Gasteiger partial charge < -0.3 is 9.47 Å². The number of esters is 1. The average molecular weight is 244 g/mol. The van der Waals surface area contributed by atoms with Gasteiger partial charge in [0, 0.05) is 17.2 Å². The number of morpholine rings is 1. The molecule has 0 N–H and O–H groups in total. The molecule has 1 atom stereocenters. The van der Waals surface area contributed by atoms with Crippen LogP contribution in [0.4, 0.5) is 0 Å². The number of hydrogen-bond acceptors (Lipinski definition) is 5. The van der Waals surface area contributed by atoms with Gasteiger partial charge in [-0.1, -0.05) is 0 Å². The molecule has 0 aliphatic carbocycles. The number of carbonyl (C=O) groups excluding carboxylic acids is 1. The average Bonchev–Trinajstić information content (AvgIpc) is 2.15. The molecule has 0 radical (unpaired) electrons. The highest BCUT2D eigenvalue weighted by Gasteiger charge is 2.32. The zero-order valence-electron chi connectivity index (χ0n) is 7.47. The van der Waals surface area contributed by atoms with Crippen LogP contribution in [0.3, 0.4) is 0 Å². The van der Waals surface area contributed by atoms with E-state index in [1.165, 1.54) is 7.11 Å². The Morgan fingerprint density at radius 2 is 2.29 bits per heavy atom. The van der Waals surface area contributed by atoms with E-state index >= 15 is 0 Å². The van der Waals surface area contributed by atoms with Crippen molar-refractivity contribution in [2.45, 2.75) is 6.10 Å². The molecule has 0 bridgehead atoms. The second-order valence-electron chi connectivity index (χ2n) is 2.68. The van der Waals surface area contributed by atoms with Crippen molar-refractivity contribution < 1.29 is 22.7 Å². The van der Waals surface area contributed by atoms with Crippen LogP contribution in [-0.2, 0) is 23.5 Å². The summed E-state index contributed by atoms with van der Waals surface area (Å²) in [5.41, 5.74) is 0. The van der Waals surface area contributed by atoms with E-state index in [0.29, 0.717) is 0 Å². The van der Waals surface area contributed by atoms with Crippen LogP contribution in [0.15, 0.2) is 0 Å². The van der Waals surface area contributed by atoms with Gasteiger partial charge in [-0.2, -0.15) is 12.7 Å². The van der Waals surface area contributed by atoms with Crippen molar-refractivity contribution in [1.82, 2.24) is 4.31 Å². The van der Waals surface area contributed by atoms with E-state index < -0.39 is 21.3 Å². The second-order valence-corrected chi connectivity index (χ2v) is 5.19. The summed E-state index contributed by atoms with van der Waals surface area (Å²) in [4.78, 5) is 11.0. The van der Waals surface area contributed by atoms with Crippen LogP contribution in [0.1, 0.15) is 0 Å². The molecular formula is C6H10ClNO5S. The maximum atomic E-state index is 11.0. The third-order valence-corrected chi connectivity index (χ3v) is 3.34. The van der Waals surface area contributed by atoms with Gasteiger partial charge in [0.1, 0.15) is 0 Å². The summed E-state index contributed by atoms with van der Waals surface area (Å²) < 4.78 is 32.3. The van der Waals surface area contributed by atoms with E-state index in [1.54, 1.807) is 0 Å². The normalized spacial score (nSPS) is 24.6. The van der Waals surface area contributed by atoms with Gasteiger partial charge in [-0.05, 0) is 0 Å². The van der Waals surface area contributed by atoms with Gasteiger partial charge in [-0.3, -0.25) is 0 Å². The molecule has 1 rings (SSSR count). The topological polar surface area (TPSA) is 72.9 Å². The van der Waals surface area contributed by atoms with Crippen LogP contribution in [0.5, 0.6) is 0 Å². The number of carbonyl (C=O) groups is 1. The Kier molecular flexibility index (Phi) is 3.71. The zero-order chi connectivity index (χ0) is 10.8. The largest absolute Gasteiger partial charge is 0.467 e. The van der Waals surface area contributed by atoms with Crippen molar-refractivity contribution in [1.29, 1.82) is 0 Å². The number of methoxy groups -OCH3 is 1. The molecule has 14 heavy (non-hydrogen) atoms. The van der Waals surface area contributed by atoms with Crippen LogP contribution < -0.4 is 0 Å². The van der Waals surface area contributed by atoms with Crippen LogP contribution in [0.2, 0.25) is 0 Å². The number of nitrogens with zero attached hydrogens (tertiary/aromatic N) is 1. The lowest BCUT2D eigenvalue weighted by Gasteiger charge is -2.28. The summed E-state index contributed by atoms with van der Waals surface area (Å²) in [6.07, 6.45) is -0.887. The van der Waals surface area contributed by atoms with E-state index in [4.69, 9.17) is 15.4 Å². The van der Waals surface area contributed by atoms with Crippen molar-refractivity contribution >= 4 is 25.9 Å². The Morgan fingerprint density at radius 1 is 1.64 bits per heavy atom. The predicted octanol–water partition coefficient (Wildman–Crippen LogP) is -0.656. The Bertz CT molecular complexity index is 316. The summed E-state index contributed by atoms with van der Waals surface area (Å²) in [5, 5.41) is 0. The molecule has 0 spiro atoms. The van der Waals surface area contributed by atoms with Crippen LogP contribution in [-0.4, -0.2) is 51.6 Å². The van der Waals surface area contributed by atoms with Crippen LogP contribution in [0.25, 0.3) is 0 Å². The first kappa shape index (κ1) is 11.7. The molecule has 1 heterocycles. The Labute approximate surface area is 86.3 Å². The summed E-state index contributed by atoms with van der Waals surface area (Å²) in [6.45, 7) is 0.184. The minimum absolute atomic E-state index is 0.0987. The van der Waals surface area contributed by atoms with Gasteiger partial charge in [0.2, 0.25) is 0 Å². The van der Waals surface area contributed by atoms with E-state index in [1.807, 2.05) is 0 Å². The predicted molar refractivity (Wildman–Crippen MR) is 48.1 cm³/mol. The first-order chi connectivity index (χ1) is 6.45. The number of halogens is 1. The summed E-state index contributed by atoms with van der Waals surface area (Å²) in [7, 11) is 2.54. The van der Waals surface area contributed by atoms with Gasteiger partial charge in [-0.15, -0.1) is 0 Å². The molecule has 0 aromatic carbocycles. The van der Waals surface area contributed by atoms with Crippen molar-refractivity contribution in [2.75, 3.05) is 26.8 Å². The first-order valence-corrected chi connectivity index (χ1v) is 6.11. The monoisotopic (exact) mass is 243 g/mol. The van der Waals surface area contributed by atoms with Crippen molar-refractivity contribution in [2.24, 2.45) is 0 Å². The van der Waals surface area contributed by atoms with Gasteiger partial charge in [0.05, 0.1) is 20.3 Å². The molecule has 1 saturated heterocycles. The Hall–Kier alpha value is -0.370. The van der Waals surface area contributed by atoms with Crippen molar-refractivity contribution in [3.05, 3.63) is 0 Å². The highest BCUT2D eigenvalue weighted by atomic mass is 35.7. The van der Waals surface area contributed by atoms with Crippen molar-refractivity contribution in [3.63, 3.8) is 0 Å². The first-order valence-electron chi connectivity index (χ1n) is 3.84. The molecule has 1 fully saturated rings. The van der Waals surface area contributed by atoms with Gasteiger partial charge in [-0.25, -0.2) is 4.79 Å². The molecule has 0 amide bonds. The molecule has 1 aliphatic rings. The Morgan fingerprint density at radius 3 is 2.79 bits per heavy atom.